The van der Waals surface area contributed by atoms with Crippen molar-refractivity contribution in [3.63, 3.8) is 0 Å². The van der Waals surface area contributed by atoms with Gasteiger partial charge in [-0.2, -0.15) is 0 Å². The molecule has 0 radical (unpaired) electrons. The standard InChI is InChI=1S/C23H32N2O5/c1-12-7-6-8-18(13(12)2)25-10-17(9-20(25)28)23(29)30-11-19(27)22-14(3)21(16(5)26)15(4)24-22/h12-13,17-18,24H,6-11H2,1-5H3/t12-,13-,17-,18-/m0/s1. The molecule has 2 aliphatic rings. The smallest absolute Gasteiger partial charge is 0.311 e. The zero-order valence-corrected chi connectivity index (χ0v) is 18.5. The molecule has 1 saturated heterocycles. The van der Waals surface area contributed by atoms with Gasteiger partial charge in [-0.3, -0.25) is 19.2 Å². The Bertz CT molecular complexity index is 871. The van der Waals surface area contributed by atoms with Gasteiger partial charge in [-0.05, 0) is 44.6 Å². The minimum atomic E-state index is -0.533. The fourth-order valence-corrected chi connectivity index (χ4v) is 5.09. The second-order valence-electron chi connectivity index (χ2n) is 8.99. The number of carbonyl (C=O) groups excluding carboxylic acids is 4. The van der Waals surface area contributed by atoms with Crippen molar-refractivity contribution in [2.45, 2.75) is 66.3 Å². The SMILES string of the molecule is CC(=O)c1c(C)[nH]c(C(=O)COC(=O)[C@H]2CC(=O)N([C@H]3CCC[C@H](C)[C@@H]3C)C2)c1C. The molecule has 0 spiro atoms. The van der Waals surface area contributed by atoms with Crippen molar-refractivity contribution in [2.75, 3.05) is 13.2 Å². The van der Waals surface area contributed by atoms with Gasteiger partial charge in [0.1, 0.15) is 0 Å². The van der Waals surface area contributed by atoms with Gasteiger partial charge in [0.2, 0.25) is 11.7 Å². The Hall–Kier alpha value is -2.44. The summed E-state index contributed by atoms with van der Waals surface area (Å²) in [6.45, 7) is 9.25. The molecular weight excluding hydrogens is 384 g/mol. The van der Waals surface area contributed by atoms with Crippen molar-refractivity contribution in [1.82, 2.24) is 9.88 Å². The maximum absolute atomic E-state index is 12.6. The van der Waals surface area contributed by atoms with Gasteiger partial charge in [0.05, 0.1) is 11.6 Å². The predicted octanol–water partition coefficient (Wildman–Crippen LogP) is 3.23. The number of esters is 1. The van der Waals surface area contributed by atoms with Gasteiger partial charge >= 0.3 is 5.97 Å². The molecule has 4 atom stereocenters. The summed E-state index contributed by atoms with van der Waals surface area (Å²) in [6.07, 6.45) is 3.39. The summed E-state index contributed by atoms with van der Waals surface area (Å²) in [5.74, 6) is -0.574. The van der Waals surface area contributed by atoms with Crippen LogP contribution in [0.5, 0.6) is 0 Å². The first-order chi connectivity index (χ1) is 14.1. The van der Waals surface area contributed by atoms with E-state index < -0.39 is 18.5 Å². The molecule has 30 heavy (non-hydrogen) atoms. The van der Waals surface area contributed by atoms with Crippen LogP contribution in [0.1, 0.15) is 78.6 Å². The number of amides is 1. The van der Waals surface area contributed by atoms with E-state index in [1.165, 1.54) is 13.3 Å². The average Bonchev–Trinajstić information content (AvgIpc) is 3.21. The molecule has 7 heteroatoms. The van der Waals surface area contributed by atoms with E-state index in [9.17, 15) is 19.2 Å². The number of ether oxygens (including phenoxy) is 1. The van der Waals surface area contributed by atoms with E-state index in [-0.39, 0.29) is 29.9 Å². The lowest BCUT2D eigenvalue weighted by molar-refractivity contribution is -0.147. The minimum absolute atomic E-state index is 0.00355. The van der Waals surface area contributed by atoms with Crippen LogP contribution in [-0.2, 0) is 14.3 Å². The lowest BCUT2D eigenvalue weighted by Crippen LogP contribution is -2.45. The van der Waals surface area contributed by atoms with Crippen LogP contribution in [0.15, 0.2) is 0 Å². The number of aryl methyl sites for hydroxylation is 1. The van der Waals surface area contributed by atoms with Gasteiger partial charge in [-0.25, -0.2) is 0 Å². The number of hydrogen-bond acceptors (Lipinski definition) is 5. The summed E-state index contributed by atoms with van der Waals surface area (Å²) in [6, 6.07) is 0.176. The molecule has 164 valence electrons. The second-order valence-corrected chi connectivity index (χ2v) is 8.99. The van der Waals surface area contributed by atoms with Crippen LogP contribution in [0, 0.1) is 31.6 Å². The first-order valence-corrected chi connectivity index (χ1v) is 10.8. The molecule has 1 aromatic heterocycles. The van der Waals surface area contributed by atoms with Gasteiger partial charge in [-0.1, -0.05) is 26.7 Å². The largest absolute Gasteiger partial charge is 0.457 e. The molecule has 1 aliphatic heterocycles. The van der Waals surface area contributed by atoms with E-state index in [1.54, 1.807) is 13.8 Å². The molecule has 2 fully saturated rings. The number of carbonyl (C=O) groups is 4. The Kier molecular flexibility index (Phi) is 6.48. The van der Waals surface area contributed by atoms with Crippen LogP contribution in [0.4, 0.5) is 0 Å². The molecule has 0 bridgehead atoms. The Balaban J connectivity index is 1.59. The predicted molar refractivity (Wildman–Crippen MR) is 111 cm³/mol. The third kappa shape index (κ3) is 4.20. The summed E-state index contributed by atoms with van der Waals surface area (Å²) in [5, 5.41) is 0. The maximum Gasteiger partial charge on any atom is 0.311 e. The molecule has 0 unspecified atom stereocenters. The summed E-state index contributed by atoms with van der Waals surface area (Å²) >= 11 is 0. The van der Waals surface area contributed by atoms with Gasteiger partial charge in [-0.15, -0.1) is 0 Å². The summed E-state index contributed by atoms with van der Waals surface area (Å²) in [7, 11) is 0. The molecule has 1 aliphatic carbocycles. The summed E-state index contributed by atoms with van der Waals surface area (Å²) in [4.78, 5) is 54.2. The van der Waals surface area contributed by atoms with Crippen molar-refractivity contribution < 1.29 is 23.9 Å². The first-order valence-electron chi connectivity index (χ1n) is 10.8. The van der Waals surface area contributed by atoms with Crippen molar-refractivity contribution in [3.8, 4) is 0 Å². The number of nitrogens with zero attached hydrogens (tertiary/aromatic N) is 1. The third-order valence-corrected chi connectivity index (χ3v) is 6.97. The zero-order chi connectivity index (χ0) is 22.2. The van der Waals surface area contributed by atoms with E-state index in [0.717, 1.165) is 12.8 Å². The minimum Gasteiger partial charge on any atom is -0.457 e. The number of nitrogens with one attached hydrogen (secondary N) is 1. The number of rotatable bonds is 6. The Labute approximate surface area is 177 Å². The normalized spacial score (nSPS) is 26.7. The quantitative estimate of drug-likeness (QED) is 0.567. The van der Waals surface area contributed by atoms with Gasteiger partial charge in [0.25, 0.3) is 0 Å². The van der Waals surface area contributed by atoms with Gasteiger partial charge in [0, 0.05) is 30.3 Å². The fourth-order valence-electron chi connectivity index (χ4n) is 5.09. The van der Waals surface area contributed by atoms with Gasteiger partial charge < -0.3 is 14.6 Å². The summed E-state index contributed by atoms with van der Waals surface area (Å²) < 4.78 is 5.27. The number of likely N-dealkylation sites (tertiary alicyclic amines) is 1. The topological polar surface area (TPSA) is 96.5 Å². The van der Waals surface area contributed by atoms with E-state index in [0.29, 0.717) is 40.9 Å². The molecule has 1 aromatic rings. The van der Waals surface area contributed by atoms with Crippen LogP contribution in [-0.4, -0.2) is 52.5 Å². The van der Waals surface area contributed by atoms with Crippen LogP contribution < -0.4 is 0 Å². The highest BCUT2D eigenvalue weighted by Gasteiger charge is 2.42. The van der Waals surface area contributed by atoms with E-state index >= 15 is 0 Å². The van der Waals surface area contributed by atoms with Crippen molar-refractivity contribution in [1.29, 1.82) is 0 Å². The highest BCUT2D eigenvalue weighted by molar-refractivity contribution is 6.04. The third-order valence-electron chi connectivity index (χ3n) is 6.97. The number of ketones is 2. The lowest BCUT2D eigenvalue weighted by atomic mass is 9.77. The molecular formula is C23H32N2O5. The van der Waals surface area contributed by atoms with Crippen LogP contribution >= 0.6 is 0 Å². The monoisotopic (exact) mass is 416 g/mol. The molecule has 7 nitrogen and oxygen atoms in total. The van der Waals surface area contributed by atoms with Crippen LogP contribution in [0.3, 0.4) is 0 Å². The number of hydrogen-bond donors (Lipinski definition) is 1. The molecule has 0 aromatic carbocycles. The number of H-pyrrole nitrogens is 1. The number of aromatic amines is 1. The van der Waals surface area contributed by atoms with Crippen LogP contribution in [0.25, 0.3) is 0 Å². The van der Waals surface area contributed by atoms with Crippen molar-refractivity contribution >= 4 is 23.4 Å². The first kappa shape index (κ1) is 22.2. The van der Waals surface area contributed by atoms with E-state index in [1.807, 2.05) is 4.90 Å². The van der Waals surface area contributed by atoms with Crippen LogP contribution in [0.2, 0.25) is 0 Å². The molecule has 1 amide bonds. The van der Waals surface area contributed by atoms with E-state index in [4.69, 9.17) is 4.74 Å². The van der Waals surface area contributed by atoms with Gasteiger partial charge in [0.15, 0.2) is 12.4 Å². The van der Waals surface area contributed by atoms with Crippen molar-refractivity contribution in [3.05, 3.63) is 22.5 Å². The Morgan fingerprint density at radius 2 is 1.87 bits per heavy atom. The average molecular weight is 417 g/mol. The van der Waals surface area contributed by atoms with E-state index in [2.05, 4.69) is 18.8 Å². The van der Waals surface area contributed by atoms with Crippen molar-refractivity contribution in [2.24, 2.45) is 17.8 Å². The molecule has 2 heterocycles. The number of Topliss-reactive ketones (excluding diaryl/α,β-unsaturated/α-hetero) is 2. The zero-order valence-electron chi connectivity index (χ0n) is 18.5. The molecule has 3 rings (SSSR count). The fraction of sp³-hybridized carbons (Fsp3) is 0.652. The lowest BCUT2D eigenvalue weighted by Gasteiger charge is -2.39. The molecule has 1 saturated carbocycles. The highest BCUT2D eigenvalue weighted by Crippen LogP contribution is 2.36. The highest BCUT2D eigenvalue weighted by atomic mass is 16.5. The summed E-state index contributed by atoms with van der Waals surface area (Å²) in [5.41, 5.74) is 1.99. The Morgan fingerprint density at radius 1 is 1.17 bits per heavy atom. The second kappa shape index (κ2) is 8.74. The maximum atomic E-state index is 12.6. The Morgan fingerprint density at radius 3 is 2.50 bits per heavy atom. The number of aromatic nitrogens is 1. The molecule has 1 N–H and O–H groups in total.